The molecule has 0 radical (unpaired) electrons. The fourth-order valence-corrected chi connectivity index (χ4v) is 10.1. The molecule has 4 heterocycles. The first kappa shape index (κ1) is 40.4. The Morgan fingerprint density at radius 2 is 1.75 bits per heavy atom. The molecule has 0 bridgehead atoms. The molecule has 53 heavy (non-hydrogen) atoms. The molecule has 4 saturated heterocycles. The highest BCUT2D eigenvalue weighted by Gasteiger charge is 2.44. The fourth-order valence-electron chi connectivity index (χ4n) is 10.1. The molecular formula is C41H67F2N7O3. The van der Waals surface area contributed by atoms with Gasteiger partial charge in [-0.2, -0.15) is 0 Å². The molecule has 7 N–H and O–H groups in total. The van der Waals surface area contributed by atoms with Gasteiger partial charge in [0.2, 0.25) is 5.91 Å². The van der Waals surface area contributed by atoms with E-state index < -0.39 is 30.1 Å². The highest BCUT2D eigenvalue weighted by atomic mass is 19.1. The van der Waals surface area contributed by atoms with Gasteiger partial charge in [0, 0.05) is 56.3 Å². The van der Waals surface area contributed by atoms with Crippen LogP contribution in [0.1, 0.15) is 125 Å². The van der Waals surface area contributed by atoms with Gasteiger partial charge in [-0.05, 0) is 74.6 Å². The van der Waals surface area contributed by atoms with Crippen molar-refractivity contribution in [1.82, 2.24) is 25.8 Å². The van der Waals surface area contributed by atoms with Crippen LogP contribution in [0, 0.1) is 17.2 Å². The number of ether oxygens (including phenoxy) is 1. The van der Waals surface area contributed by atoms with E-state index in [9.17, 15) is 9.59 Å². The largest absolute Gasteiger partial charge is 0.378 e. The third-order valence-electron chi connectivity index (χ3n) is 13.3. The zero-order chi connectivity index (χ0) is 37.4. The molecule has 6 rings (SSSR count). The minimum atomic E-state index is -0.983. The molecule has 298 valence electrons. The molecule has 5 fully saturated rings. The molecule has 0 aromatic heterocycles. The number of piperidine rings is 1. The van der Waals surface area contributed by atoms with E-state index in [1.807, 2.05) is 4.90 Å². The molecule has 1 saturated carbocycles. The summed E-state index contributed by atoms with van der Waals surface area (Å²) < 4.78 is 36.7. The van der Waals surface area contributed by atoms with Gasteiger partial charge >= 0.3 is 0 Å². The Kier molecular flexibility index (Phi) is 14.6. The summed E-state index contributed by atoms with van der Waals surface area (Å²) in [6, 6.07) is 4.49. The van der Waals surface area contributed by atoms with Crippen molar-refractivity contribution in [1.29, 1.82) is 0 Å². The number of piperazine rings is 1. The second-order valence-corrected chi connectivity index (χ2v) is 17.0. The van der Waals surface area contributed by atoms with Gasteiger partial charge in [0.25, 0.3) is 5.91 Å². The first-order valence-corrected chi connectivity index (χ1v) is 21.0. The van der Waals surface area contributed by atoms with Gasteiger partial charge in [0.1, 0.15) is 12.0 Å². The van der Waals surface area contributed by atoms with Crippen molar-refractivity contribution in [3.8, 4) is 0 Å². The van der Waals surface area contributed by atoms with E-state index >= 15 is 8.78 Å². The Morgan fingerprint density at radius 3 is 2.43 bits per heavy atom. The summed E-state index contributed by atoms with van der Waals surface area (Å²) in [5.41, 5.74) is 13.7. The van der Waals surface area contributed by atoms with Gasteiger partial charge < -0.3 is 37.1 Å². The minimum Gasteiger partial charge on any atom is -0.378 e. The van der Waals surface area contributed by atoms with Crippen molar-refractivity contribution in [2.75, 3.05) is 52.5 Å². The lowest BCUT2D eigenvalue weighted by Gasteiger charge is -2.45. The lowest BCUT2D eigenvalue weighted by molar-refractivity contribution is -0.128. The Bertz CT molecular complexity index is 1330. The number of unbranched alkanes of at least 4 members (excludes halogenated alkanes) is 4. The van der Waals surface area contributed by atoms with Gasteiger partial charge in [-0.25, -0.2) is 8.78 Å². The minimum absolute atomic E-state index is 0.0223. The van der Waals surface area contributed by atoms with Gasteiger partial charge in [-0.3, -0.25) is 14.5 Å². The van der Waals surface area contributed by atoms with Crippen LogP contribution in [-0.4, -0.2) is 111 Å². The maximum Gasteiger partial charge on any atom is 0.254 e. The lowest BCUT2D eigenvalue weighted by Crippen LogP contribution is -2.63. The normalized spacial score (nSPS) is 29.3. The maximum atomic E-state index is 16.3. The number of amides is 2. The van der Waals surface area contributed by atoms with E-state index in [2.05, 4.69) is 27.8 Å². The highest BCUT2D eigenvalue weighted by molar-refractivity contribution is 5.94. The maximum absolute atomic E-state index is 16.3. The summed E-state index contributed by atoms with van der Waals surface area (Å²) in [7, 11) is 0. The van der Waals surface area contributed by atoms with E-state index in [0.717, 1.165) is 96.9 Å². The first-order valence-electron chi connectivity index (χ1n) is 21.0. The zero-order valence-electron chi connectivity index (χ0n) is 32.1. The monoisotopic (exact) mass is 744 g/mol. The first-order chi connectivity index (χ1) is 25.7. The Balaban J connectivity index is 1.20. The molecule has 10 nitrogen and oxygen atoms in total. The summed E-state index contributed by atoms with van der Waals surface area (Å²) in [6.45, 7) is 7.34. The molecule has 1 aromatic rings. The van der Waals surface area contributed by atoms with E-state index in [1.165, 1.54) is 18.9 Å². The average Bonchev–Trinajstić information content (AvgIpc) is 3.12. The number of hydrogen-bond donors (Lipinski definition) is 5. The number of hydrogen-bond acceptors (Lipinski definition) is 8. The number of nitrogens with one attached hydrogen (secondary N) is 3. The number of nitrogens with zero attached hydrogens (tertiary/aromatic N) is 2. The van der Waals surface area contributed by atoms with Crippen LogP contribution in [-0.2, 0) is 9.53 Å². The average molecular weight is 744 g/mol. The van der Waals surface area contributed by atoms with Crippen LogP contribution in [0.4, 0.5) is 8.78 Å². The van der Waals surface area contributed by atoms with Gasteiger partial charge in [0.05, 0.1) is 37.4 Å². The van der Waals surface area contributed by atoms with E-state index in [0.29, 0.717) is 49.6 Å². The summed E-state index contributed by atoms with van der Waals surface area (Å²) in [5.74, 6) is -1.91. The predicted molar refractivity (Wildman–Crippen MR) is 205 cm³/mol. The summed E-state index contributed by atoms with van der Waals surface area (Å²) >= 11 is 0. The van der Waals surface area contributed by atoms with Crippen LogP contribution in [0.5, 0.6) is 0 Å². The zero-order valence-corrected chi connectivity index (χ0v) is 32.1. The fraction of sp³-hybridized carbons (Fsp3) is 0.805. The molecule has 1 aliphatic carbocycles. The Morgan fingerprint density at radius 1 is 1.00 bits per heavy atom. The number of nitrogens with two attached hydrogens (primary N) is 2. The second-order valence-electron chi connectivity index (χ2n) is 17.0. The lowest BCUT2D eigenvalue weighted by atomic mass is 9.65. The third-order valence-corrected chi connectivity index (χ3v) is 13.3. The smallest absolute Gasteiger partial charge is 0.254 e. The van der Waals surface area contributed by atoms with Crippen molar-refractivity contribution in [2.24, 2.45) is 22.8 Å². The van der Waals surface area contributed by atoms with Gasteiger partial charge in [-0.1, -0.05) is 64.4 Å². The van der Waals surface area contributed by atoms with Gasteiger partial charge in [0.15, 0.2) is 0 Å². The molecule has 12 heteroatoms. The number of halogens is 2. The molecular weight excluding hydrogens is 676 g/mol. The van der Waals surface area contributed by atoms with E-state index in [1.54, 1.807) is 12.1 Å². The van der Waals surface area contributed by atoms with Crippen molar-refractivity contribution < 1.29 is 23.1 Å². The van der Waals surface area contributed by atoms with Crippen molar-refractivity contribution >= 4 is 11.8 Å². The predicted octanol–water partition coefficient (Wildman–Crippen LogP) is 4.56. The van der Waals surface area contributed by atoms with E-state index in [4.69, 9.17) is 16.2 Å². The quantitative estimate of drug-likeness (QED) is 0.147. The van der Waals surface area contributed by atoms with Crippen LogP contribution >= 0.6 is 0 Å². The summed E-state index contributed by atoms with van der Waals surface area (Å²) in [5, 5.41) is 10.4. The molecule has 1 aromatic carbocycles. The molecule has 6 atom stereocenters. The molecule has 5 aliphatic rings. The Labute approximate surface area is 316 Å². The van der Waals surface area contributed by atoms with E-state index in [-0.39, 0.29) is 41.8 Å². The van der Waals surface area contributed by atoms with Crippen molar-refractivity contribution in [2.45, 2.75) is 146 Å². The Hall–Kier alpha value is -2.22. The number of alkyl halides is 1. The second kappa shape index (κ2) is 19.1. The van der Waals surface area contributed by atoms with Crippen LogP contribution in [0.2, 0.25) is 0 Å². The van der Waals surface area contributed by atoms with Crippen LogP contribution in [0.25, 0.3) is 0 Å². The van der Waals surface area contributed by atoms with Crippen LogP contribution < -0.4 is 27.4 Å². The third kappa shape index (κ3) is 10.2. The molecule has 4 aliphatic heterocycles. The van der Waals surface area contributed by atoms with Crippen LogP contribution in [0.15, 0.2) is 18.2 Å². The summed E-state index contributed by atoms with van der Waals surface area (Å²) in [6.07, 6.45) is 12.7. The number of carbonyl (C=O) groups excluding carboxylic acids is 2. The number of carbonyl (C=O) groups is 2. The highest BCUT2D eigenvalue weighted by Crippen LogP contribution is 2.46. The number of benzene rings is 1. The standard InChI is InChI=1S/C41H67F2N7O3/c1-2-3-4-5-7-10-34-37(48-39(51)36(38(44)45)35-24-41(15-8-6-9-16-41)17-13-29(42)25-47-35)32(14-18-46-34)31-12-11-28(23-33(31)43)40(52)50-21-19-49(20-22-50)30-26-53-27-30/h11-12,23,29-30,32,34-38,46-47H,2-10,13-22,24-27,44-45H2,1H3,(H,48,51). The molecule has 6 unspecified atom stereocenters. The van der Waals surface area contributed by atoms with Crippen LogP contribution in [0.3, 0.4) is 0 Å². The van der Waals surface area contributed by atoms with Crippen molar-refractivity contribution in [3.05, 3.63) is 35.1 Å². The molecule has 1 spiro atoms. The topological polar surface area (TPSA) is 138 Å². The summed E-state index contributed by atoms with van der Waals surface area (Å²) in [4.78, 5) is 32.2. The number of rotatable bonds is 13. The van der Waals surface area contributed by atoms with Crippen molar-refractivity contribution in [3.63, 3.8) is 0 Å². The molecule has 2 amide bonds. The SMILES string of the molecule is CCCCCCCC1NCCC(c2ccc(C(=O)N3CCN(C4COC4)CC3)cc2F)C1NC(=O)C(C(N)N)C1CC2(CCCCC2)CCC(F)CN1. The van der Waals surface area contributed by atoms with Gasteiger partial charge in [-0.15, -0.1) is 0 Å².